The molecule has 3 aromatic rings. The largest absolute Gasteiger partial charge is 0.647 e. The van der Waals surface area contributed by atoms with Crippen molar-refractivity contribution in [1.29, 1.82) is 0 Å². The standard InChI is InChI=1S/C18H12O10P4/c19-29(20)16-7-1-13(2-8-16)26-32(25,27-14-3-9-17(10-4-14)30(21)22)28-15-5-11-18(12-6-15)31(23)24/h1-12H. The third-order valence-corrected chi connectivity index (χ3v) is 7.26. The Kier molecular flexibility index (Phi) is 7.83. The third-order valence-electron chi connectivity index (χ3n) is 3.79. The van der Waals surface area contributed by atoms with Crippen LogP contribution in [0.4, 0.5) is 0 Å². The molecule has 0 spiro atoms. The van der Waals surface area contributed by atoms with Crippen LogP contribution in [-0.4, -0.2) is 0 Å². The van der Waals surface area contributed by atoms with E-state index in [0.717, 1.165) is 0 Å². The Morgan fingerprint density at radius 3 is 0.906 bits per heavy atom. The molecule has 14 heteroatoms. The van der Waals surface area contributed by atoms with Crippen LogP contribution in [0, 0.1) is 0 Å². The highest BCUT2D eigenvalue weighted by molar-refractivity contribution is 7.49. The van der Waals surface area contributed by atoms with E-state index in [1.54, 1.807) is 0 Å². The fraction of sp³-hybridized carbons (Fsp3) is 0. The number of phosphoric acid groups is 1. The maximum atomic E-state index is 13.4. The number of hydrogen-bond acceptors (Lipinski definition) is 10. The van der Waals surface area contributed by atoms with Gasteiger partial charge in [-0.1, -0.05) is 13.7 Å². The molecule has 0 saturated carbocycles. The average molecular weight is 512 g/mol. The summed E-state index contributed by atoms with van der Waals surface area (Å²) in [6.07, 6.45) is 0. The maximum Gasteiger partial charge on any atom is 0.647 e. The fourth-order valence-corrected chi connectivity index (χ4v) is 4.76. The Labute approximate surface area is 184 Å². The molecule has 3 aromatic carbocycles. The molecule has 0 heterocycles. The molecule has 0 amide bonds. The first-order chi connectivity index (χ1) is 15.1. The van der Waals surface area contributed by atoms with E-state index < -0.39 is 31.9 Å². The highest BCUT2D eigenvalue weighted by Crippen LogP contribution is 2.49. The molecule has 0 radical (unpaired) electrons. The van der Waals surface area contributed by atoms with Gasteiger partial charge in [0.25, 0.3) is 0 Å². The lowest BCUT2D eigenvalue weighted by Crippen LogP contribution is -2.10. The van der Waals surface area contributed by atoms with Gasteiger partial charge >= 0.3 is 31.9 Å². The van der Waals surface area contributed by atoms with Crippen molar-refractivity contribution < 1.29 is 46.5 Å². The van der Waals surface area contributed by atoms with Gasteiger partial charge in [0.15, 0.2) is 15.9 Å². The minimum absolute atomic E-state index is 0.00801. The van der Waals surface area contributed by atoms with Crippen molar-refractivity contribution in [1.82, 2.24) is 0 Å². The van der Waals surface area contributed by atoms with Gasteiger partial charge in [-0.05, 0) is 72.8 Å². The van der Waals surface area contributed by atoms with E-state index in [-0.39, 0.29) is 33.2 Å². The number of benzene rings is 3. The van der Waals surface area contributed by atoms with Gasteiger partial charge in [0, 0.05) is 0 Å². The monoisotopic (exact) mass is 512 g/mol. The minimum Gasteiger partial charge on any atom is -0.591 e. The van der Waals surface area contributed by atoms with Crippen molar-refractivity contribution in [3.05, 3.63) is 72.8 Å². The van der Waals surface area contributed by atoms with E-state index in [2.05, 4.69) is 0 Å². The molecular formula is C18H12O10P4. The van der Waals surface area contributed by atoms with Gasteiger partial charge in [-0.15, -0.1) is 0 Å². The van der Waals surface area contributed by atoms with Crippen molar-refractivity contribution in [2.75, 3.05) is 0 Å². The molecule has 0 N–H and O–H groups in total. The van der Waals surface area contributed by atoms with Crippen LogP contribution in [0.1, 0.15) is 0 Å². The quantitative estimate of drug-likeness (QED) is 0.384. The lowest BCUT2D eigenvalue weighted by molar-refractivity contribution is -0.161. The van der Waals surface area contributed by atoms with E-state index in [9.17, 15) is 32.9 Å². The highest BCUT2D eigenvalue weighted by atomic mass is 31.2. The summed E-state index contributed by atoms with van der Waals surface area (Å²) >= 11 is 0. The van der Waals surface area contributed by atoms with Gasteiger partial charge in [-0.25, -0.2) is 0 Å². The molecule has 0 aliphatic rings. The van der Waals surface area contributed by atoms with E-state index >= 15 is 0 Å². The number of hydrogen-bond donors (Lipinski definition) is 0. The Bertz CT molecular complexity index is 1040. The molecule has 10 nitrogen and oxygen atoms in total. The van der Waals surface area contributed by atoms with Crippen LogP contribution < -0.4 is 44.2 Å². The van der Waals surface area contributed by atoms with Gasteiger partial charge in [0.05, 0.1) is 0 Å². The zero-order valence-electron chi connectivity index (χ0n) is 15.8. The van der Waals surface area contributed by atoms with Crippen LogP contribution in [0.5, 0.6) is 17.2 Å². The molecule has 3 atom stereocenters. The van der Waals surface area contributed by atoms with Crippen molar-refractivity contribution >= 4 is 47.8 Å². The SMILES string of the molecule is O=[P+]([O-])c1ccc(OP(=O)(Oc2ccc([P+](=O)[O-])cc2)Oc2ccc([P+](=O)[O-])cc2)cc1. The predicted octanol–water partition coefficient (Wildman–Crippen LogP) is 1.52. The van der Waals surface area contributed by atoms with Crippen LogP contribution in [0.2, 0.25) is 0 Å². The van der Waals surface area contributed by atoms with Gasteiger partial charge < -0.3 is 28.3 Å². The smallest absolute Gasteiger partial charge is 0.591 e. The Morgan fingerprint density at radius 2 is 0.719 bits per heavy atom. The van der Waals surface area contributed by atoms with Crippen LogP contribution >= 0.6 is 31.9 Å². The van der Waals surface area contributed by atoms with Gasteiger partial charge in [-0.3, -0.25) is 0 Å². The second kappa shape index (κ2) is 10.4. The fourth-order valence-electron chi connectivity index (χ4n) is 2.33. The van der Waals surface area contributed by atoms with Crippen LogP contribution in [-0.2, 0) is 18.3 Å². The Morgan fingerprint density at radius 1 is 0.500 bits per heavy atom. The summed E-state index contributed by atoms with van der Waals surface area (Å²) in [5, 5.41) is 0.0240. The first-order valence-corrected chi connectivity index (χ1v) is 13.6. The summed E-state index contributed by atoms with van der Waals surface area (Å²) in [5.41, 5.74) is 0. The van der Waals surface area contributed by atoms with Crippen molar-refractivity contribution in [2.24, 2.45) is 0 Å². The van der Waals surface area contributed by atoms with Crippen molar-refractivity contribution in [2.45, 2.75) is 0 Å². The minimum atomic E-state index is -4.45. The summed E-state index contributed by atoms with van der Waals surface area (Å²) in [7, 11) is -12.9. The molecule has 0 aliphatic heterocycles. The summed E-state index contributed by atoms with van der Waals surface area (Å²) in [5.74, 6) is -0.104. The molecule has 0 aliphatic carbocycles. The summed E-state index contributed by atoms with van der Waals surface area (Å²) in [4.78, 5) is 33.1. The molecule has 0 bridgehead atoms. The summed E-state index contributed by atoms with van der Waals surface area (Å²) < 4.78 is 62.6. The zero-order chi connectivity index (χ0) is 23.3. The number of phosphoric ester groups is 1. The third kappa shape index (κ3) is 6.49. The predicted molar refractivity (Wildman–Crippen MR) is 111 cm³/mol. The first-order valence-electron chi connectivity index (χ1n) is 8.57. The lowest BCUT2D eigenvalue weighted by Gasteiger charge is -2.19. The van der Waals surface area contributed by atoms with Gasteiger partial charge in [0.1, 0.15) is 17.2 Å². The molecule has 164 valence electrons. The Hall–Kier alpha value is -2.53. The van der Waals surface area contributed by atoms with Crippen molar-refractivity contribution in [3.8, 4) is 17.2 Å². The van der Waals surface area contributed by atoms with Crippen LogP contribution in [0.3, 0.4) is 0 Å². The second-order valence-electron chi connectivity index (χ2n) is 5.97. The highest BCUT2D eigenvalue weighted by Gasteiger charge is 2.33. The topological polar surface area (TPSA) is 165 Å². The van der Waals surface area contributed by atoms with E-state index in [1.807, 2.05) is 0 Å². The summed E-state index contributed by atoms with van der Waals surface area (Å²) in [6.45, 7) is 0. The van der Waals surface area contributed by atoms with Gasteiger partial charge in [-0.2, -0.15) is 4.57 Å². The molecule has 3 unspecified atom stereocenters. The lowest BCUT2D eigenvalue weighted by atomic mass is 10.3. The van der Waals surface area contributed by atoms with E-state index in [4.69, 9.17) is 13.6 Å². The molecular weight excluding hydrogens is 500 g/mol. The zero-order valence-corrected chi connectivity index (χ0v) is 19.4. The van der Waals surface area contributed by atoms with Crippen molar-refractivity contribution in [3.63, 3.8) is 0 Å². The van der Waals surface area contributed by atoms with E-state index in [1.165, 1.54) is 72.8 Å². The van der Waals surface area contributed by atoms with E-state index in [0.29, 0.717) is 0 Å². The van der Waals surface area contributed by atoms with Crippen LogP contribution in [0.15, 0.2) is 72.8 Å². The average Bonchev–Trinajstić information content (AvgIpc) is 2.74. The Balaban J connectivity index is 1.89. The molecule has 3 rings (SSSR count). The van der Waals surface area contributed by atoms with Crippen LogP contribution in [0.25, 0.3) is 0 Å². The molecule has 0 aromatic heterocycles. The first kappa shape index (κ1) is 24.1. The number of rotatable bonds is 9. The molecule has 0 fully saturated rings. The second-order valence-corrected chi connectivity index (χ2v) is 10.5. The molecule has 0 saturated heterocycles. The normalized spacial score (nSPS) is 14.0. The summed E-state index contributed by atoms with van der Waals surface area (Å²) in [6, 6.07) is 14.8. The maximum absolute atomic E-state index is 13.4. The molecule has 32 heavy (non-hydrogen) atoms. The van der Waals surface area contributed by atoms with Gasteiger partial charge in [0.2, 0.25) is 0 Å².